The highest BCUT2D eigenvalue weighted by Crippen LogP contribution is 2.75. The molecule has 5 aliphatic carbocycles. The Morgan fingerprint density at radius 2 is 1.67 bits per heavy atom. The average molecular weight is 497 g/mol. The van der Waals surface area contributed by atoms with Gasteiger partial charge in [0, 0.05) is 18.3 Å². The summed E-state index contributed by atoms with van der Waals surface area (Å²) < 4.78 is 5.94. The van der Waals surface area contributed by atoms with Gasteiger partial charge in [0.1, 0.15) is 6.10 Å². The van der Waals surface area contributed by atoms with Crippen molar-refractivity contribution in [1.29, 1.82) is 0 Å². The molecule has 0 aromatic carbocycles. The van der Waals surface area contributed by atoms with E-state index in [0.717, 1.165) is 38.0 Å². The van der Waals surface area contributed by atoms with Crippen molar-refractivity contribution in [3.05, 3.63) is 11.6 Å². The molecular formula is C33H52O3. The van der Waals surface area contributed by atoms with Crippen LogP contribution in [0.15, 0.2) is 11.6 Å². The first-order valence-electron chi connectivity index (χ1n) is 15.1. The normalized spacial score (nSPS) is 54.4. The zero-order valence-corrected chi connectivity index (χ0v) is 24.6. The molecular weight excluding hydrogens is 444 g/mol. The van der Waals surface area contributed by atoms with Crippen molar-refractivity contribution in [2.45, 2.75) is 126 Å². The summed E-state index contributed by atoms with van der Waals surface area (Å²) in [5.41, 5.74) is 1.80. The molecule has 11 atom stereocenters. The molecule has 0 saturated heterocycles. The summed E-state index contributed by atoms with van der Waals surface area (Å²) >= 11 is 0. The van der Waals surface area contributed by atoms with Crippen molar-refractivity contribution in [3.63, 3.8) is 0 Å². The summed E-state index contributed by atoms with van der Waals surface area (Å²) in [4.78, 5) is 26.4. The molecule has 0 N–H and O–H groups in total. The van der Waals surface area contributed by atoms with E-state index in [1.165, 1.54) is 31.3 Å². The Balaban J connectivity index is 1.60. The second kappa shape index (κ2) is 8.19. The van der Waals surface area contributed by atoms with Gasteiger partial charge in [-0.2, -0.15) is 0 Å². The first kappa shape index (κ1) is 26.5. The number of rotatable bonds is 2. The molecule has 3 heteroatoms. The molecule has 0 radical (unpaired) electrons. The lowest BCUT2D eigenvalue weighted by atomic mass is 9.33. The number of carbonyl (C=O) groups excluding carboxylic acids is 2. The molecule has 11 unspecified atom stereocenters. The summed E-state index contributed by atoms with van der Waals surface area (Å²) in [5.74, 6) is 2.60. The number of carbonyl (C=O) groups is 2. The maximum Gasteiger partial charge on any atom is 0.302 e. The average Bonchev–Trinajstić information content (AvgIpc) is 2.80. The van der Waals surface area contributed by atoms with Crippen LogP contribution in [0, 0.1) is 56.7 Å². The van der Waals surface area contributed by atoms with Crippen LogP contribution in [0.3, 0.4) is 0 Å². The van der Waals surface area contributed by atoms with Gasteiger partial charge in [0.2, 0.25) is 0 Å². The zero-order chi connectivity index (χ0) is 26.5. The van der Waals surface area contributed by atoms with Crippen molar-refractivity contribution >= 4 is 11.8 Å². The molecule has 5 aliphatic rings. The Hall–Kier alpha value is -1.12. The van der Waals surface area contributed by atoms with Gasteiger partial charge in [-0.15, -0.1) is 0 Å². The van der Waals surface area contributed by atoms with Crippen molar-refractivity contribution < 1.29 is 14.3 Å². The third-order valence-electron chi connectivity index (χ3n) is 13.9. The smallest absolute Gasteiger partial charge is 0.302 e. The van der Waals surface area contributed by atoms with E-state index >= 15 is 0 Å². The fourth-order valence-electron chi connectivity index (χ4n) is 11.3. The number of esters is 1. The summed E-state index contributed by atoms with van der Waals surface area (Å²) in [6.07, 6.45) is 12.4. The molecule has 0 heterocycles. The Labute approximate surface area is 220 Å². The molecule has 0 aromatic heterocycles. The number of hydrogen-bond acceptors (Lipinski definition) is 3. The lowest BCUT2D eigenvalue weighted by molar-refractivity contribution is -0.214. The summed E-state index contributed by atoms with van der Waals surface area (Å²) in [6.45, 7) is 21.1. The third-order valence-corrected chi connectivity index (χ3v) is 13.9. The van der Waals surface area contributed by atoms with Crippen molar-refractivity contribution in [1.82, 2.24) is 0 Å². The molecule has 5 rings (SSSR count). The van der Waals surface area contributed by atoms with E-state index in [1.54, 1.807) is 6.92 Å². The fourth-order valence-corrected chi connectivity index (χ4v) is 11.3. The van der Waals surface area contributed by atoms with Gasteiger partial charge in [0.15, 0.2) is 5.78 Å². The Morgan fingerprint density at radius 3 is 2.31 bits per heavy atom. The van der Waals surface area contributed by atoms with Crippen LogP contribution in [0.25, 0.3) is 0 Å². The number of hydrogen-bond donors (Lipinski definition) is 0. The minimum atomic E-state index is -0.168. The maximum atomic E-state index is 14.5. The molecule has 36 heavy (non-hydrogen) atoms. The second-order valence-electron chi connectivity index (χ2n) is 15.3. The molecule has 0 spiro atoms. The van der Waals surface area contributed by atoms with E-state index in [2.05, 4.69) is 61.5 Å². The lowest BCUT2D eigenvalue weighted by Gasteiger charge is -2.71. The van der Waals surface area contributed by atoms with Crippen LogP contribution >= 0.6 is 0 Å². The largest absolute Gasteiger partial charge is 0.462 e. The SMILES string of the molecule is CCC1(C)C(OC(C)=O)CCC2(C)C1CCC1(C)C2C(=O)C=C2C3C(C)C(C)CCC3(C)CCC21C. The van der Waals surface area contributed by atoms with E-state index in [1.807, 2.05) is 0 Å². The van der Waals surface area contributed by atoms with Crippen LogP contribution in [0.4, 0.5) is 0 Å². The topological polar surface area (TPSA) is 43.4 Å². The van der Waals surface area contributed by atoms with E-state index in [9.17, 15) is 9.59 Å². The van der Waals surface area contributed by atoms with Gasteiger partial charge in [0.05, 0.1) is 0 Å². The van der Waals surface area contributed by atoms with Crippen LogP contribution < -0.4 is 0 Å². The van der Waals surface area contributed by atoms with Crippen LogP contribution in [-0.4, -0.2) is 17.9 Å². The molecule has 0 aliphatic heterocycles. The first-order chi connectivity index (χ1) is 16.7. The monoisotopic (exact) mass is 496 g/mol. The molecule has 202 valence electrons. The van der Waals surface area contributed by atoms with Gasteiger partial charge in [-0.3, -0.25) is 9.59 Å². The molecule has 0 bridgehead atoms. The van der Waals surface area contributed by atoms with Crippen LogP contribution in [-0.2, 0) is 14.3 Å². The molecule has 0 amide bonds. The Kier molecular flexibility index (Phi) is 6.02. The van der Waals surface area contributed by atoms with Gasteiger partial charge in [-0.05, 0) is 109 Å². The van der Waals surface area contributed by atoms with Crippen molar-refractivity contribution in [2.24, 2.45) is 56.7 Å². The van der Waals surface area contributed by atoms with Gasteiger partial charge >= 0.3 is 5.97 Å². The predicted octanol–water partition coefficient (Wildman–Crippen LogP) is 8.16. The molecule has 4 saturated carbocycles. The summed E-state index contributed by atoms with van der Waals surface area (Å²) in [5, 5.41) is 0. The number of allylic oxidation sites excluding steroid dienone is 2. The molecule has 3 nitrogen and oxygen atoms in total. The van der Waals surface area contributed by atoms with E-state index in [4.69, 9.17) is 4.74 Å². The minimum absolute atomic E-state index is 0.00985. The highest BCUT2D eigenvalue weighted by molar-refractivity contribution is 5.95. The Bertz CT molecular complexity index is 981. The van der Waals surface area contributed by atoms with Crippen LogP contribution in [0.2, 0.25) is 0 Å². The van der Waals surface area contributed by atoms with Gasteiger partial charge in [-0.25, -0.2) is 0 Å². The summed E-state index contributed by atoms with van der Waals surface area (Å²) in [6, 6.07) is 0. The van der Waals surface area contributed by atoms with Crippen LogP contribution in [0.5, 0.6) is 0 Å². The van der Waals surface area contributed by atoms with E-state index < -0.39 is 0 Å². The van der Waals surface area contributed by atoms with Crippen molar-refractivity contribution in [3.8, 4) is 0 Å². The highest BCUT2D eigenvalue weighted by Gasteiger charge is 2.70. The van der Waals surface area contributed by atoms with Crippen molar-refractivity contribution in [2.75, 3.05) is 0 Å². The standard InChI is InChI=1S/C33H52O3/c1-10-30(6)25-12-16-33(9)28(31(25,7)15-13-26(30)36-22(4)34)24(35)19-23-27-21(3)20(2)11-14-29(27,5)17-18-32(23,33)8/h19-21,25-28H,10-18H2,1-9H3. The van der Waals surface area contributed by atoms with Crippen LogP contribution in [0.1, 0.15) is 120 Å². The number of fused-ring (bicyclic) bond motifs is 7. The quantitative estimate of drug-likeness (QED) is 0.362. The molecule has 0 aromatic rings. The maximum absolute atomic E-state index is 14.5. The fraction of sp³-hybridized carbons (Fsp3) is 0.879. The highest BCUT2D eigenvalue weighted by atomic mass is 16.5. The van der Waals surface area contributed by atoms with E-state index in [0.29, 0.717) is 29.0 Å². The minimum Gasteiger partial charge on any atom is -0.462 e. The predicted molar refractivity (Wildman–Crippen MR) is 145 cm³/mol. The molecule has 4 fully saturated rings. The van der Waals surface area contributed by atoms with Gasteiger partial charge in [0.25, 0.3) is 0 Å². The van der Waals surface area contributed by atoms with E-state index in [-0.39, 0.29) is 39.7 Å². The number of ether oxygens (including phenoxy) is 1. The summed E-state index contributed by atoms with van der Waals surface area (Å²) in [7, 11) is 0. The second-order valence-corrected chi connectivity index (χ2v) is 15.3. The lowest BCUT2D eigenvalue weighted by Crippen LogP contribution is -2.67. The van der Waals surface area contributed by atoms with Gasteiger partial charge in [-0.1, -0.05) is 61.0 Å². The zero-order valence-electron chi connectivity index (χ0n) is 24.6. The Morgan fingerprint density at radius 1 is 0.972 bits per heavy atom. The first-order valence-corrected chi connectivity index (χ1v) is 15.1. The third kappa shape index (κ3) is 3.22. The van der Waals surface area contributed by atoms with Gasteiger partial charge < -0.3 is 4.74 Å². The number of ketones is 1.